The van der Waals surface area contributed by atoms with Gasteiger partial charge in [-0.1, -0.05) is 81.2 Å². The van der Waals surface area contributed by atoms with Crippen molar-refractivity contribution in [1.82, 2.24) is 34.9 Å². The summed E-state index contributed by atoms with van der Waals surface area (Å²) in [7, 11) is 7.36. The third-order valence-electron chi connectivity index (χ3n) is 4.90. The molecule has 0 amide bonds. The lowest BCUT2D eigenvalue weighted by molar-refractivity contribution is 0.282. The normalized spacial score (nSPS) is 9.83. The summed E-state index contributed by atoms with van der Waals surface area (Å²) in [5, 5.41) is 19.8. The molecule has 0 saturated carbocycles. The van der Waals surface area contributed by atoms with Crippen molar-refractivity contribution in [2.24, 2.45) is 0 Å². The highest BCUT2D eigenvalue weighted by Gasteiger charge is 2.09. The van der Waals surface area contributed by atoms with E-state index in [-0.39, 0.29) is 33.2 Å². The molecule has 5 heterocycles. The number of aliphatic hydroxyl groups excluding tert-OH is 1. The van der Waals surface area contributed by atoms with Gasteiger partial charge in [-0.3, -0.25) is 24.5 Å². The van der Waals surface area contributed by atoms with Gasteiger partial charge in [-0.15, -0.1) is 11.6 Å². The van der Waals surface area contributed by atoms with Crippen LogP contribution in [-0.2, 0) is 28.3 Å². The third kappa shape index (κ3) is 16.8. The second kappa shape index (κ2) is 24.4. The van der Waals surface area contributed by atoms with Gasteiger partial charge in [0.05, 0.1) is 50.7 Å². The molecule has 0 aliphatic rings. The second-order valence-corrected chi connectivity index (χ2v) is 13.6. The van der Waals surface area contributed by atoms with Crippen LogP contribution in [0.25, 0.3) is 0 Å². The number of halogens is 10. The number of aromatic nitrogens is 7. The molecule has 48 heavy (non-hydrogen) atoms. The minimum absolute atomic E-state index is 0.0216. The van der Waals surface area contributed by atoms with E-state index in [1.807, 2.05) is 0 Å². The minimum atomic E-state index is -1.67. The Hall–Kier alpha value is -1.78. The maximum Gasteiger partial charge on any atom is 0.287 e. The summed E-state index contributed by atoms with van der Waals surface area (Å²) in [4.78, 5) is 33.6. The standard InChI is InChI=1S/C10H6Cl3N3O.C6H5Cl2N.C6H6ClNO.C4H2Cl2N2O.Cl2OS/c11-7-3-14-2-1-6(7)5-16-10(17)9(13)8(12)4-15-16;7-3-5-1-2-9-4-6(5)8;7-6-3-8-2-1-5(6)4-9;5-2-1-7-8-4(9)3(2)6;1-4(2)3/h1-4H,5H2;1-2,4H,3H2;1-3,9H,4H2;1H,(H,8,9);. The highest BCUT2D eigenvalue weighted by molar-refractivity contribution is 8.26. The predicted octanol–water partition coefficient (Wildman–Crippen LogP) is 8.47. The van der Waals surface area contributed by atoms with Crippen molar-refractivity contribution in [2.45, 2.75) is 19.0 Å². The Kier molecular flexibility index (Phi) is 22.5. The minimum Gasteiger partial charge on any atom is -0.392 e. The van der Waals surface area contributed by atoms with E-state index in [0.29, 0.717) is 26.5 Å². The summed E-state index contributed by atoms with van der Waals surface area (Å²) < 4.78 is 10.3. The number of nitrogens with one attached hydrogen (secondary N) is 1. The van der Waals surface area contributed by atoms with Crippen LogP contribution < -0.4 is 11.1 Å². The maximum atomic E-state index is 11.7. The molecule has 0 saturated heterocycles. The molecular weight excluding hydrogens is 861 g/mol. The van der Waals surface area contributed by atoms with E-state index in [2.05, 4.69) is 51.6 Å². The molecule has 0 aliphatic heterocycles. The largest absolute Gasteiger partial charge is 0.392 e. The zero-order valence-corrected chi connectivity index (χ0v) is 31.9. The van der Waals surface area contributed by atoms with Crippen molar-refractivity contribution in [3.8, 4) is 0 Å². The summed E-state index contributed by atoms with van der Waals surface area (Å²) >= 11 is 44.9. The smallest absolute Gasteiger partial charge is 0.287 e. The average Bonchev–Trinajstić information content (AvgIpc) is 3.06. The molecule has 2 N–H and O–H groups in total. The second-order valence-electron chi connectivity index (χ2n) is 8.01. The van der Waals surface area contributed by atoms with Crippen LogP contribution in [0.2, 0.25) is 35.2 Å². The maximum absolute atomic E-state index is 11.7. The fourth-order valence-electron chi connectivity index (χ4n) is 2.66. The summed E-state index contributed by atoms with van der Waals surface area (Å²) in [6, 6.07) is 5.19. The van der Waals surface area contributed by atoms with Crippen LogP contribution in [0.1, 0.15) is 16.7 Å². The molecule has 0 radical (unpaired) electrons. The van der Waals surface area contributed by atoms with Crippen molar-refractivity contribution in [3.63, 3.8) is 0 Å². The van der Waals surface area contributed by atoms with Crippen LogP contribution in [0.5, 0.6) is 0 Å². The van der Waals surface area contributed by atoms with Crippen molar-refractivity contribution >= 4 is 123 Å². The lowest BCUT2D eigenvalue weighted by atomic mass is 10.3. The summed E-state index contributed by atoms with van der Waals surface area (Å²) in [6.45, 7) is 0.193. The lowest BCUT2D eigenvalue weighted by Crippen LogP contribution is -2.23. The van der Waals surface area contributed by atoms with E-state index in [0.717, 1.165) is 11.1 Å². The zero-order chi connectivity index (χ0) is 36.2. The van der Waals surface area contributed by atoms with E-state index >= 15 is 0 Å². The quantitative estimate of drug-likeness (QED) is 0.134. The van der Waals surface area contributed by atoms with Crippen LogP contribution >= 0.6 is 114 Å². The Labute approximate surface area is 324 Å². The first-order chi connectivity index (χ1) is 22.7. The van der Waals surface area contributed by atoms with Gasteiger partial charge in [0, 0.05) is 64.4 Å². The highest BCUT2D eigenvalue weighted by atomic mass is 36.0. The Morgan fingerprint density at radius 3 is 1.52 bits per heavy atom. The molecule has 5 aromatic heterocycles. The average molecular weight is 880 g/mol. The van der Waals surface area contributed by atoms with Gasteiger partial charge in [0.2, 0.25) is 9.23 Å². The molecular formula is C26H19Cl10N7O4S. The van der Waals surface area contributed by atoms with Gasteiger partial charge in [-0.25, -0.2) is 14.0 Å². The fourth-order valence-corrected chi connectivity index (χ4v) is 4.00. The van der Waals surface area contributed by atoms with Crippen LogP contribution in [-0.4, -0.2) is 44.2 Å². The Bertz CT molecular complexity index is 1840. The highest BCUT2D eigenvalue weighted by Crippen LogP contribution is 2.18. The van der Waals surface area contributed by atoms with Crippen LogP contribution in [0.4, 0.5) is 0 Å². The van der Waals surface area contributed by atoms with Crippen molar-refractivity contribution in [2.75, 3.05) is 0 Å². The number of aliphatic hydroxyl groups is 1. The van der Waals surface area contributed by atoms with E-state index in [1.54, 1.807) is 43.0 Å². The summed E-state index contributed by atoms with van der Waals surface area (Å²) in [5.41, 5.74) is 1.45. The number of aromatic amines is 1. The predicted molar refractivity (Wildman–Crippen MR) is 196 cm³/mol. The molecule has 0 atom stereocenters. The van der Waals surface area contributed by atoms with Crippen LogP contribution in [0.15, 0.2) is 77.4 Å². The van der Waals surface area contributed by atoms with Gasteiger partial charge in [0.1, 0.15) is 10.0 Å². The van der Waals surface area contributed by atoms with E-state index in [1.165, 1.54) is 29.5 Å². The molecule has 258 valence electrons. The molecule has 0 unspecified atom stereocenters. The Morgan fingerprint density at radius 1 is 0.688 bits per heavy atom. The number of hydrogen-bond donors (Lipinski definition) is 2. The van der Waals surface area contributed by atoms with E-state index < -0.39 is 20.3 Å². The topological polar surface area (TPSA) is 157 Å². The van der Waals surface area contributed by atoms with Crippen molar-refractivity contribution in [1.29, 1.82) is 0 Å². The third-order valence-corrected chi connectivity index (χ3v) is 7.72. The van der Waals surface area contributed by atoms with Gasteiger partial charge in [-0.05, 0) is 34.9 Å². The van der Waals surface area contributed by atoms with Gasteiger partial charge >= 0.3 is 0 Å². The molecule has 0 aromatic carbocycles. The van der Waals surface area contributed by atoms with Crippen molar-refractivity contribution < 1.29 is 9.32 Å². The Morgan fingerprint density at radius 2 is 1.15 bits per heavy atom. The molecule has 5 rings (SSSR count). The number of hydrogen-bond acceptors (Lipinski definition) is 9. The number of rotatable bonds is 4. The Balaban J connectivity index is 0.000000322. The van der Waals surface area contributed by atoms with Crippen LogP contribution in [0.3, 0.4) is 0 Å². The molecule has 0 aliphatic carbocycles. The zero-order valence-electron chi connectivity index (χ0n) is 23.5. The first kappa shape index (κ1) is 44.2. The van der Waals surface area contributed by atoms with Gasteiger partial charge < -0.3 is 5.11 Å². The van der Waals surface area contributed by atoms with Gasteiger partial charge in [-0.2, -0.15) is 10.2 Å². The number of nitrogens with zero attached hydrogens (tertiary/aromatic N) is 6. The van der Waals surface area contributed by atoms with Gasteiger partial charge in [0.15, 0.2) is 0 Å². The molecule has 0 spiro atoms. The SMILES string of the molecule is ClCc1ccncc1Cl.O=S(Cl)Cl.O=c1[nH]ncc(Cl)c1Cl.O=c1c(Cl)c(Cl)cnn1Cc1ccncc1Cl.OCc1ccncc1Cl. The van der Waals surface area contributed by atoms with E-state index in [9.17, 15) is 9.59 Å². The molecule has 5 aromatic rings. The van der Waals surface area contributed by atoms with Crippen LogP contribution in [0, 0.1) is 0 Å². The van der Waals surface area contributed by atoms with Crippen molar-refractivity contribution in [3.05, 3.63) is 140 Å². The molecule has 11 nitrogen and oxygen atoms in total. The number of H-pyrrole nitrogens is 1. The molecule has 22 heteroatoms. The number of pyridine rings is 3. The first-order valence-corrected chi connectivity index (χ1v) is 18.2. The first-order valence-electron chi connectivity index (χ1n) is 12.2. The number of alkyl halides is 1. The fraction of sp³-hybridized carbons (Fsp3) is 0.115. The van der Waals surface area contributed by atoms with Gasteiger partial charge in [0.25, 0.3) is 11.1 Å². The molecule has 0 bridgehead atoms. The molecule has 0 fully saturated rings. The monoisotopic (exact) mass is 875 g/mol. The van der Waals surface area contributed by atoms with E-state index in [4.69, 9.17) is 102 Å². The lowest BCUT2D eigenvalue weighted by Gasteiger charge is -2.06. The summed E-state index contributed by atoms with van der Waals surface area (Å²) in [5.74, 6) is 0.446. The summed E-state index contributed by atoms with van der Waals surface area (Å²) in [6.07, 6.45) is 12.0.